The molecule has 0 spiro atoms. The van der Waals surface area contributed by atoms with Crippen molar-refractivity contribution < 1.29 is 14.1 Å². The molecule has 26 heavy (non-hydrogen) atoms. The second-order valence-electron chi connectivity index (χ2n) is 6.97. The van der Waals surface area contributed by atoms with Gasteiger partial charge in [-0.25, -0.2) is 0 Å². The first kappa shape index (κ1) is 16.7. The van der Waals surface area contributed by atoms with Crippen molar-refractivity contribution in [2.75, 3.05) is 26.7 Å². The lowest BCUT2D eigenvalue weighted by Gasteiger charge is -2.32. The van der Waals surface area contributed by atoms with Crippen molar-refractivity contribution in [1.29, 1.82) is 0 Å². The van der Waals surface area contributed by atoms with E-state index < -0.39 is 0 Å². The molecule has 0 saturated carbocycles. The molecule has 2 aliphatic rings. The van der Waals surface area contributed by atoms with Crippen molar-refractivity contribution in [2.45, 2.75) is 25.2 Å². The van der Waals surface area contributed by atoms with Crippen LogP contribution in [-0.4, -0.2) is 63.4 Å². The number of carbonyl (C=O) groups excluding carboxylic acids is 2. The fourth-order valence-corrected chi connectivity index (χ4v) is 3.65. The molecule has 4 heterocycles. The molecule has 0 N–H and O–H groups in total. The van der Waals surface area contributed by atoms with Gasteiger partial charge in [0.2, 0.25) is 11.8 Å². The predicted molar refractivity (Wildman–Crippen MR) is 91.8 cm³/mol. The minimum absolute atomic E-state index is 0.0490. The van der Waals surface area contributed by atoms with Crippen LogP contribution in [0.1, 0.15) is 31.0 Å². The van der Waals surface area contributed by atoms with E-state index in [4.69, 9.17) is 4.52 Å². The topological polar surface area (TPSA) is 92.4 Å². The van der Waals surface area contributed by atoms with Gasteiger partial charge in [-0.2, -0.15) is 4.98 Å². The first-order chi connectivity index (χ1) is 12.6. The Morgan fingerprint density at radius 1 is 1.31 bits per heavy atom. The fourth-order valence-electron chi connectivity index (χ4n) is 3.65. The molecule has 0 bridgehead atoms. The lowest BCUT2D eigenvalue weighted by molar-refractivity contribution is -0.136. The Kier molecular flexibility index (Phi) is 4.40. The van der Waals surface area contributed by atoms with E-state index in [1.54, 1.807) is 24.3 Å². The SMILES string of the molecule is CN1C[C@H](C(=O)N2CCC(c3noc(-c4cccnc4)n3)CC2)CC1=O. The Labute approximate surface area is 151 Å². The van der Waals surface area contributed by atoms with Crippen LogP contribution in [0.25, 0.3) is 11.5 Å². The second kappa shape index (κ2) is 6.86. The van der Waals surface area contributed by atoms with Gasteiger partial charge in [0.05, 0.1) is 11.5 Å². The number of piperidine rings is 1. The third-order valence-corrected chi connectivity index (χ3v) is 5.21. The van der Waals surface area contributed by atoms with Gasteiger partial charge in [0.1, 0.15) is 0 Å². The zero-order valence-corrected chi connectivity index (χ0v) is 14.7. The lowest BCUT2D eigenvalue weighted by Crippen LogP contribution is -2.42. The van der Waals surface area contributed by atoms with Crippen molar-refractivity contribution in [2.24, 2.45) is 5.92 Å². The highest BCUT2D eigenvalue weighted by Gasteiger charge is 2.36. The number of hydrogen-bond donors (Lipinski definition) is 0. The van der Waals surface area contributed by atoms with Gasteiger partial charge < -0.3 is 14.3 Å². The summed E-state index contributed by atoms with van der Waals surface area (Å²) in [4.78, 5) is 36.3. The van der Waals surface area contributed by atoms with Gasteiger partial charge in [-0.1, -0.05) is 5.16 Å². The molecular formula is C18H21N5O3. The molecule has 0 aromatic carbocycles. The summed E-state index contributed by atoms with van der Waals surface area (Å²) < 4.78 is 5.36. The molecule has 2 aliphatic heterocycles. The highest BCUT2D eigenvalue weighted by molar-refractivity contribution is 5.89. The molecule has 2 amide bonds. The minimum Gasteiger partial charge on any atom is -0.345 e. The van der Waals surface area contributed by atoms with Crippen molar-refractivity contribution in [1.82, 2.24) is 24.9 Å². The van der Waals surface area contributed by atoms with E-state index in [1.165, 1.54) is 0 Å². The molecule has 8 nitrogen and oxygen atoms in total. The number of likely N-dealkylation sites (tertiary alicyclic amines) is 2. The average molecular weight is 355 g/mol. The van der Waals surface area contributed by atoms with Crippen molar-refractivity contribution in [3.05, 3.63) is 30.4 Å². The number of aromatic nitrogens is 3. The maximum absolute atomic E-state index is 12.6. The van der Waals surface area contributed by atoms with E-state index in [0.717, 1.165) is 18.4 Å². The van der Waals surface area contributed by atoms with Crippen molar-refractivity contribution in [3.63, 3.8) is 0 Å². The van der Waals surface area contributed by atoms with Crippen molar-refractivity contribution in [3.8, 4) is 11.5 Å². The molecule has 0 unspecified atom stereocenters. The highest BCUT2D eigenvalue weighted by atomic mass is 16.5. The van der Waals surface area contributed by atoms with Crippen LogP contribution in [0.5, 0.6) is 0 Å². The molecule has 1 atom stereocenters. The number of hydrogen-bond acceptors (Lipinski definition) is 6. The van der Waals surface area contributed by atoms with Gasteiger partial charge in [-0.3, -0.25) is 14.6 Å². The molecule has 0 aliphatic carbocycles. The molecular weight excluding hydrogens is 334 g/mol. The van der Waals surface area contributed by atoms with Gasteiger partial charge >= 0.3 is 0 Å². The Bertz CT molecular complexity index is 798. The summed E-state index contributed by atoms with van der Waals surface area (Å²) in [5, 5.41) is 4.11. The first-order valence-electron chi connectivity index (χ1n) is 8.88. The van der Waals surface area contributed by atoms with Crippen LogP contribution in [0, 0.1) is 5.92 Å². The summed E-state index contributed by atoms with van der Waals surface area (Å²) in [5.74, 6) is 1.27. The van der Waals surface area contributed by atoms with Crippen LogP contribution in [0.4, 0.5) is 0 Å². The van der Waals surface area contributed by atoms with Crippen molar-refractivity contribution >= 4 is 11.8 Å². The third-order valence-electron chi connectivity index (χ3n) is 5.21. The van der Waals surface area contributed by atoms with Crippen LogP contribution in [-0.2, 0) is 9.59 Å². The number of carbonyl (C=O) groups is 2. The number of amides is 2. The molecule has 2 saturated heterocycles. The lowest BCUT2D eigenvalue weighted by atomic mass is 9.95. The molecule has 0 radical (unpaired) electrons. The average Bonchev–Trinajstić information content (AvgIpc) is 3.30. The molecule has 8 heteroatoms. The maximum atomic E-state index is 12.6. The van der Waals surface area contributed by atoms with Gasteiger partial charge in [0.15, 0.2) is 5.82 Å². The number of rotatable bonds is 3. The Morgan fingerprint density at radius 3 is 2.77 bits per heavy atom. The van der Waals surface area contributed by atoms with Gasteiger partial charge in [-0.15, -0.1) is 0 Å². The summed E-state index contributed by atoms with van der Waals surface area (Å²) in [5.41, 5.74) is 0.800. The normalized spacial score (nSPS) is 21.4. The summed E-state index contributed by atoms with van der Waals surface area (Å²) in [7, 11) is 1.75. The number of pyridine rings is 1. The Balaban J connectivity index is 1.36. The summed E-state index contributed by atoms with van der Waals surface area (Å²) in [6, 6.07) is 3.71. The zero-order valence-electron chi connectivity index (χ0n) is 14.7. The fraction of sp³-hybridized carbons (Fsp3) is 0.500. The molecule has 2 fully saturated rings. The van der Waals surface area contributed by atoms with Crippen LogP contribution < -0.4 is 0 Å². The summed E-state index contributed by atoms with van der Waals surface area (Å²) in [6.07, 6.45) is 5.32. The monoisotopic (exact) mass is 355 g/mol. The molecule has 2 aromatic rings. The van der Waals surface area contributed by atoms with E-state index in [1.807, 2.05) is 17.0 Å². The van der Waals surface area contributed by atoms with Gasteiger partial charge in [0, 0.05) is 51.4 Å². The smallest absolute Gasteiger partial charge is 0.259 e. The minimum atomic E-state index is -0.202. The largest absolute Gasteiger partial charge is 0.345 e. The van der Waals surface area contributed by atoms with Gasteiger partial charge in [-0.05, 0) is 25.0 Å². The standard InChI is InChI=1S/C18H21N5O3/c1-22-11-14(9-15(22)24)18(25)23-7-4-12(5-8-23)16-20-17(26-21-16)13-3-2-6-19-10-13/h2-3,6,10,12,14H,4-5,7-9,11H2,1H3/t14-/m1/s1. The van der Waals surface area contributed by atoms with Crippen LogP contribution >= 0.6 is 0 Å². The highest BCUT2D eigenvalue weighted by Crippen LogP contribution is 2.29. The summed E-state index contributed by atoms with van der Waals surface area (Å²) in [6.45, 7) is 1.85. The van der Waals surface area contributed by atoms with Gasteiger partial charge in [0.25, 0.3) is 5.89 Å². The molecule has 136 valence electrons. The van der Waals surface area contributed by atoms with E-state index >= 15 is 0 Å². The van der Waals surface area contributed by atoms with E-state index in [2.05, 4.69) is 15.1 Å². The molecule has 4 rings (SSSR count). The van der Waals surface area contributed by atoms with Crippen LogP contribution in [0.2, 0.25) is 0 Å². The number of nitrogens with zero attached hydrogens (tertiary/aromatic N) is 5. The van der Waals surface area contributed by atoms with Crippen LogP contribution in [0.15, 0.2) is 29.0 Å². The summed E-state index contributed by atoms with van der Waals surface area (Å²) >= 11 is 0. The van der Waals surface area contributed by atoms with E-state index in [0.29, 0.717) is 37.8 Å². The van der Waals surface area contributed by atoms with E-state index in [-0.39, 0.29) is 23.7 Å². The third kappa shape index (κ3) is 3.18. The van der Waals surface area contributed by atoms with E-state index in [9.17, 15) is 9.59 Å². The quantitative estimate of drug-likeness (QED) is 0.824. The Morgan fingerprint density at radius 2 is 2.12 bits per heavy atom. The predicted octanol–water partition coefficient (Wildman–Crippen LogP) is 1.32. The Hall–Kier alpha value is -2.77. The second-order valence-corrected chi connectivity index (χ2v) is 6.97. The zero-order chi connectivity index (χ0) is 18.1. The molecule has 2 aromatic heterocycles. The first-order valence-corrected chi connectivity index (χ1v) is 8.88. The van der Waals surface area contributed by atoms with Crippen LogP contribution in [0.3, 0.4) is 0 Å². The maximum Gasteiger partial charge on any atom is 0.259 e.